The second kappa shape index (κ2) is 4.03. The lowest BCUT2D eigenvalue weighted by Crippen LogP contribution is -2.43. The van der Waals surface area contributed by atoms with Crippen LogP contribution in [0.2, 0.25) is 0 Å². The fourth-order valence-corrected chi connectivity index (χ4v) is 2.75. The van der Waals surface area contributed by atoms with Crippen molar-refractivity contribution in [1.82, 2.24) is 0 Å². The van der Waals surface area contributed by atoms with Crippen LogP contribution in [0.5, 0.6) is 0 Å². The lowest BCUT2D eigenvalue weighted by Gasteiger charge is -2.44. The van der Waals surface area contributed by atoms with Crippen LogP contribution < -0.4 is 0 Å². The molecule has 1 spiro atoms. The third-order valence-electron chi connectivity index (χ3n) is 3.74. The summed E-state index contributed by atoms with van der Waals surface area (Å²) in [6.45, 7) is 4.86. The Bertz CT molecular complexity index is 216. The SMILES string of the molecule is C=C1COC2(CCCCC2)CC1CO. The zero-order valence-corrected chi connectivity index (χ0v) is 8.80. The maximum absolute atomic E-state index is 9.26. The molecule has 0 aromatic rings. The number of aliphatic hydroxyl groups is 1. The van der Waals surface area contributed by atoms with Gasteiger partial charge in [0.25, 0.3) is 0 Å². The van der Waals surface area contributed by atoms with Crippen molar-refractivity contribution in [2.45, 2.75) is 44.1 Å². The molecule has 2 nitrogen and oxygen atoms in total. The molecular formula is C12H20O2. The van der Waals surface area contributed by atoms with Crippen LogP contribution in [0.15, 0.2) is 12.2 Å². The highest BCUT2D eigenvalue weighted by molar-refractivity contribution is 5.08. The third kappa shape index (κ3) is 1.86. The highest BCUT2D eigenvalue weighted by Crippen LogP contribution is 2.41. The molecule has 0 aromatic carbocycles. The molecule has 14 heavy (non-hydrogen) atoms. The molecule has 1 aliphatic heterocycles. The Hall–Kier alpha value is -0.340. The molecule has 0 aromatic heterocycles. The summed E-state index contributed by atoms with van der Waals surface area (Å²) in [5.41, 5.74) is 1.16. The van der Waals surface area contributed by atoms with Crippen molar-refractivity contribution in [2.75, 3.05) is 13.2 Å². The van der Waals surface area contributed by atoms with E-state index in [2.05, 4.69) is 6.58 Å². The first-order valence-corrected chi connectivity index (χ1v) is 5.68. The normalized spacial score (nSPS) is 32.1. The average molecular weight is 196 g/mol. The van der Waals surface area contributed by atoms with E-state index in [1.54, 1.807) is 0 Å². The Morgan fingerprint density at radius 1 is 1.36 bits per heavy atom. The predicted octanol–water partition coefficient (Wildman–Crippen LogP) is 2.27. The number of rotatable bonds is 1. The Labute approximate surface area is 86.0 Å². The number of hydrogen-bond acceptors (Lipinski definition) is 2. The van der Waals surface area contributed by atoms with Gasteiger partial charge in [-0.3, -0.25) is 0 Å². The number of aliphatic hydroxyl groups excluding tert-OH is 1. The van der Waals surface area contributed by atoms with E-state index in [-0.39, 0.29) is 18.1 Å². The van der Waals surface area contributed by atoms with Crippen LogP contribution in [0.3, 0.4) is 0 Å². The largest absolute Gasteiger partial charge is 0.396 e. The highest BCUT2D eigenvalue weighted by Gasteiger charge is 2.39. The van der Waals surface area contributed by atoms with Crippen LogP contribution in [-0.2, 0) is 4.74 Å². The van der Waals surface area contributed by atoms with E-state index in [4.69, 9.17) is 4.74 Å². The van der Waals surface area contributed by atoms with Gasteiger partial charge in [0.2, 0.25) is 0 Å². The van der Waals surface area contributed by atoms with Crippen molar-refractivity contribution in [2.24, 2.45) is 5.92 Å². The summed E-state index contributed by atoms with van der Waals surface area (Å²) >= 11 is 0. The van der Waals surface area contributed by atoms with E-state index in [1.807, 2.05) is 0 Å². The quantitative estimate of drug-likeness (QED) is 0.652. The molecule has 1 unspecified atom stereocenters. The van der Waals surface area contributed by atoms with Crippen molar-refractivity contribution in [1.29, 1.82) is 0 Å². The standard InChI is InChI=1S/C12H20O2/c1-10-9-14-12(7-11(10)8-13)5-3-2-4-6-12/h11,13H,1-9H2. The van der Waals surface area contributed by atoms with Gasteiger partial charge in [-0.2, -0.15) is 0 Å². The van der Waals surface area contributed by atoms with Crippen LogP contribution in [0.1, 0.15) is 38.5 Å². The Kier molecular flexibility index (Phi) is 2.93. The van der Waals surface area contributed by atoms with E-state index >= 15 is 0 Å². The van der Waals surface area contributed by atoms with E-state index < -0.39 is 0 Å². The average Bonchev–Trinajstić information content (AvgIpc) is 2.23. The lowest BCUT2D eigenvalue weighted by atomic mass is 9.75. The lowest BCUT2D eigenvalue weighted by molar-refractivity contribution is -0.0996. The third-order valence-corrected chi connectivity index (χ3v) is 3.74. The Morgan fingerprint density at radius 2 is 2.07 bits per heavy atom. The van der Waals surface area contributed by atoms with Crippen LogP contribution >= 0.6 is 0 Å². The maximum Gasteiger partial charge on any atom is 0.0693 e. The molecule has 0 amide bonds. The van der Waals surface area contributed by atoms with E-state index in [0.29, 0.717) is 6.61 Å². The molecule has 2 aliphatic rings. The second-order valence-electron chi connectivity index (χ2n) is 4.77. The van der Waals surface area contributed by atoms with Gasteiger partial charge in [0.05, 0.1) is 12.2 Å². The summed E-state index contributed by atoms with van der Waals surface area (Å²) in [7, 11) is 0. The minimum Gasteiger partial charge on any atom is -0.396 e. The van der Waals surface area contributed by atoms with Crippen molar-refractivity contribution < 1.29 is 9.84 Å². The van der Waals surface area contributed by atoms with Crippen molar-refractivity contribution in [3.05, 3.63) is 12.2 Å². The smallest absolute Gasteiger partial charge is 0.0693 e. The van der Waals surface area contributed by atoms with Gasteiger partial charge in [0.1, 0.15) is 0 Å². The second-order valence-corrected chi connectivity index (χ2v) is 4.77. The zero-order chi connectivity index (χ0) is 10.0. The molecule has 1 aliphatic carbocycles. The Morgan fingerprint density at radius 3 is 2.71 bits per heavy atom. The molecule has 0 radical (unpaired) electrons. The van der Waals surface area contributed by atoms with Gasteiger partial charge >= 0.3 is 0 Å². The maximum atomic E-state index is 9.26. The minimum absolute atomic E-state index is 0.0901. The summed E-state index contributed by atoms with van der Waals surface area (Å²) in [5.74, 6) is 0.279. The molecule has 2 heteroatoms. The predicted molar refractivity (Wildman–Crippen MR) is 56.1 cm³/mol. The molecule has 80 valence electrons. The monoisotopic (exact) mass is 196 g/mol. The summed E-state index contributed by atoms with van der Waals surface area (Å²) in [4.78, 5) is 0. The molecule has 1 atom stereocenters. The van der Waals surface area contributed by atoms with Gasteiger partial charge in [0, 0.05) is 12.5 Å². The van der Waals surface area contributed by atoms with Gasteiger partial charge in [-0.15, -0.1) is 0 Å². The van der Waals surface area contributed by atoms with Gasteiger partial charge in [-0.05, 0) is 24.8 Å². The summed E-state index contributed by atoms with van der Waals surface area (Å²) in [6.07, 6.45) is 7.25. The van der Waals surface area contributed by atoms with Gasteiger partial charge in [-0.1, -0.05) is 25.8 Å². The van der Waals surface area contributed by atoms with Gasteiger partial charge in [-0.25, -0.2) is 0 Å². The first-order chi connectivity index (χ1) is 6.76. The van der Waals surface area contributed by atoms with E-state index in [0.717, 1.165) is 12.0 Å². The molecule has 1 N–H and O–H groups in total. The molecule has 1 heterocycles. The van der Waals surface area contributed by atoms with Crippen LogP contribution in [0.4, 0.5) is 0 Å². The molecule has 2 rings (SSSR count). The molecule has 1 saturated heterocycles. The molecular weight excluding hydrogens is 176 g/mol. The summed E-state index contributed by atoms with van der Waals surface area (Å²) in [5, 5.41) is 9.26. The van der Waals surface area contributed by atoms with E-state index in [1.165, 1.54) is 32.1 Å². The fraction of sp³-hybridized carbons (Fsp3) is 0.833. The topological polar surface area (TPSA) is 29.5 Å². The number of hydrogen-bond donors (Lipinski definition) is 1. The number of ether oxygens (including phenoxy) is 1. The van der Waals surface area contributed by atoms with Crippen molar-refractivity contribution in [3.8, 4) is 0 Å². The van der Waals surface area contributed by atoms with Crippen molar-refractivity contribution in [3.63, 3.8) is 0 Å². The van der Waals surface area contributed by atoms with Crippen LogP contribution in [0, 0.1) is 5.92 Å². The highest BCUT2D eigenvalue weighted by atomic mass is 16.5. The van der Waals surface area contributed by atoms with Crippen LogP contribution in [-0.4, -0.2) is 23.9 Å². The molecule has 0 bridgehead atoms. The first-order valence-electron chi connectivity index (χ1n) is 5.68. The first kappa shape index (κ1) is 10.2. The summed E-state index contributed by atoms with van der Waals surface area (Å²) < 4.78 is 5.94. The van der Waals surface area contributed by atoms with Gasteiger partial charge < -0.3 is 9.84 Å². The van der Waals surface area contributed by atoms with Crippen molar-refractivity contribution >= 4 is 0 Å². The zero-order valence-electron chi connectivity index (χ0n) is 8.80. The van der Waals surface area contributed by atoms with Gasteiger partial charge in [0.15, 0.2) is 0 Å². The van der Waals surface area contributed by atoms with Crippen LogP contribution in [0.25, 0.3) is 0 Å². The fourth-order valence-electron chi connectivity index (χ4n) is 2.75. The minimum atomic E-state index is 0.0901. The van der Waals surface area contributed by atoms with E-state index in [9.17, 15) is 5.11 Å². The molecule has 2 fully saturated rings. The molecule has 1 saturated carbocycles. The summed E-state index contributed by atoms with van der Waals surface area (Å²) in [6, 6.07) is 0. The Balaban J connectivity index is 2.03.